The van der Waals surface area contributed by atoms with Crippen molar-refractivity contribution in [2.45, 2.75) is 50.0 Å². The molecule has 184 valence electrons. The first kappa shape index (κ1) is 23.6. The summed E-state index contributed by atoms with van der Waals surface area (Å²) in [6.07, 6.45) is 5.24. The predicted molar refractivity (Wildman–Crippen MR) is 150 cm³/mol. The van der Waals surface area contributed by atoms with Gasteiger partial charge in [-0.05, 0) is 50.1 Å². The highest BCUT2D eigenvalue weighted by molar-refractivity contribution is 8.08. The largest absolute Gasteiger partial charge is 0.337 e. The first-order valence-electron chi connectivity index (χ1n) is 12.1. The van der Waals surface area contributed by atoms with Crippen LogP contribution in [0.2, 0.25) is 5.02 Å². The second kappa shape index (κ2) is 9.25. The zero-order valence-corrected chi connectivity index (χ0v) is 22.4. The van der Waals surface area contributed by atoms with Gasteiger partial charge in [0.25, 0.3) is 11.5 Å². The Hall–Kier alpha value is -2.81. The summed E-state index contributed by atoms with van der Waals surface area (Å²) in [5.74, 6) is -0.191. The highest BCUT2D eigenvalue weighted by Gasteiger charge is 2.33. The molecule has 1 aliphatic carbocycles. The zero-order valence-electron chi connectivity index (χ0n) is 20.0. The molecule has 0 bridgehead atoms. The number of para-hydroxylation sites is 1. The molecule has 0 atom stereocenters. The predicted octanol–water partition coefficient (Wildman–Crippen LogP) is 4.95. The number of aromatic nitrogens is 1. The SMILES string of the molecule is CC1=NN(c2ccccc2)C(=O)C1=c1s/c(=C2\Sc3ccc(Cl)cc3N2C)c(=O)n1C1CCCCC1. The summed E-state index contributed by atoms with van der Waals surface area (Å²) in [5.41, 5.74) is 2.83. The highest BCUT2D eigenvalue weighted by Crippen LogP contribution is 2.46. The quantitative estimate of drug-likeness (QED) is 0.465. The minimum Gasteiger partial charge on any atom is -0.337 e. The average Bonchev–Trinajstić information content (AvgIpc) is 3.50. The molecule has 2 aromatic carbocycles. The second-order valence-corrected chi connectivity index (χ2v) is 11.8. The Labute approximate surface area is 222 Å². The molecule has 0 N–H and O–H groups in total. The van der Waals surface area contributed by atoms with E-state index in [0.717, 1.165) is 41.3 Å². The third-order valence-corrected chi connectivity index (χ3v) is 9.76. The maximum absolute atomic E-state index is 14.1. The number of carbonyl (C=O) groups is 1. The molecule has 3 aliphatic rings. The van der Waals surface area contributed by atoms with Crippen LogP contribution in [0.4, 0.5) is 11.4 Å². The number of nitrogens with zero attached hydrogens (tertiary/aromatic N) is 4. The molecular formula is C27H25ClN4O2S2. The van der Waals surface area contributed by atoms with Crippen molar-refractivity contribution in [1.82, 2.24) is 4.57 Å². The van der Waals surface area contributed by atoms with E-state index in [1.807, 2.05) is 72.0 Å². The summed E-state index contributed by atoms with van der Waals surface area (Å²) >= 11 is 9.25. The standard InChI is InChI=1S/C27H25ClN4O2S2/c1-16-22(24(33)32(29-16)19-11-7-4-8-12-19)26-31(18-9-5-3-6-10-18)25(34)23(36-26)27-30(2)20-15-17(28)13-14-21(20)35-27/h4,7-8,11-15,18H,3,5-6,9-10H2,1-2H3/b26-22?,27-23-. The molecule has 1 fully saturated rings. The van der Waals surface area contributed by atoms with Gasteiger partial charge in [-0.2, -0.15) is 10.1 Å². The number of halogens is 1. The lowest BCUT2D eigenvalue weighted by Gasteiger charge is -2.23. The van der Waals surface area contributed by atoms with E-state index in [0.29, 0.717) is 31.2 Å². The second-order valence-electron chi connectivity index (χ2n) is 9.29. The van der Waals surface area contributed by atoms with Gasteiger partial charge >= 0.3 is 0 Å². The van der Waals surface area contributed by atoms with Gasteiger partial charge < -0.3 is 4.90 Å². The molecule has 0 saturated heterocycles. The number of carbonyl (C=O) groups excluding carboxylic acids is 1. The van der Waals surface area contributed by atoms with Gasteiger partial charge in [-0.1, -0.05) is 60.8 Å². The first-order chi connectivity index (χ1) is 17.4. The Morgan fingerprint density at radius 3 is 2.53 bits per heavy atom. The van der Waals surface area contributed by atoms with Crippen molar-refractivity contribution in [2.75, 3.05) is 17.0 Å². The Morgan fingerprint density at radius 1 is 1.03 bits per heavy atom. The van der Waals surface area contributed by atoms with Gasteiger partial charge in [0.15, 0.2) is 0 Å². The summed E-state index contributed by atoms with van der Waals surface area (Å²) in [6.45, 7) is 1.85. The van der Waals surface area contributed by atoms with Crippen LogP contribution in [-0.2, 0) is 4.79 Å². The number of hydrogen-bond donors (Lipinski definition) is 0. The summed E-state index contributed by atoms with van der Waals surface area (Å²) in [6, 6.07) is 15.3. The molecule has 3 heterocycles. The smallest absolute Gasteiger partial charge is 0.283 e. The van der Waals surface area contributed by atoms with Crippen LogP contribution in [0.15, 0.2) is 63.3 Å². The van der Waals surface area contributed by atoms with Crippen LogP contribution >= 0.6 is 34.7 Å². The van der Waals surface area contributed by atoms with Gasteiger partial charge in [0.2, 0.25) is 0 Å². The van der Waals surface area contributed by atoms with Crippen LogP contribution in [0.3, 0.4) is 0 Å². The van der Waals surface area contributed by atoms with Crippen molar-refractivity contribution in [3.05, 3.63) is 73.1 Å². The molecule has 0 unspecified atom stereocenters. The number of rotatable bonds is 2. The van der Waals surface area contributed by atoms with E-state index < -0.39 is 0 Å². The van der Waals surface area contributed by atoms with Gasteiger partial charge in [-0.15, -0.1) is 11.3 Å². The summed E-state index contributed by atoms with van der Waals surface area (Å²) in [7, 11) is 1.96. The minimum absolute atomic E-state index is 0.0265. The normalized spacial score (nSPS) is 21.3. The lowest BCUT2D eigenvalue weighted by atomic mass is 9.95. The van der Waals surface area contributed by atoms with Gasteiger partial charge in [-0.25, -0.2) is 0 Å². The lowest BCUT2D eigenvalue weighted by molar-refractivity contribution is -0.112. The van der Waals surface area contributed by atoms with Crippen LogP contribution in [0.25, 0.3) is 10.6 Å². The van der Waals surface area contributed by atoms with Crippen molar-refractivity contribution in [1.29, 1.82) is 0 Å². The van der Waals surface area contributed by atoms with Crippen molar-refractivity contribution in [2.24, 2.45) is 5.10 Å². The molecule has 0 spiro atoms. The molecular weight excluding hydrogens is 512 g/mol. The summed E-state index contributed by atoms with van der Waals surface area (Å²) in [5, 5.41) is 7.58. The maximum Gasteiger partial charge on any atom is 0.283 e. The third kappa shape index (κ3) is 3.83. The molecule has 1 saturated carbocycles. The first-order valence-corrected chi connectivity index (χ1v) is 14.1. The average molecular weight is 537 g/mol. The van der Waals surface area contributed by atoms with Gasteiger partial charge in [-0.3, -0.25) is 14.2 Å². The Morgan fingerprint density at radius 2 is 1.78 bits per heavy atom. The van der Waals surface area contributed by atoms with Crippen LogP contribution in [0.1, 0.15) is 45.1 Å². The van der Waals surface area contributed by atoms with Crippen LogP contribution in [0, 0.1) is 0 Å². The number of anilines is 2. The zero-order chi connectivity index (χ0) is 25.0. The number of fused-ring (bicyclic) bond motifs is 1. The lowest BCUT2D eigenvalue weighted by Crippen LogP contribution is -2.38. The van der Waals surface area contributed by atoms with Crippen LogP contribution < -0.4 is 24.7 Å². The fraction of sp³-hybridized carbons (Fsp3) is 0.296. The monoisotopic (exact) mass is 536 g/mol. The van der Waals surface area contributed by atoms with E-state index in [-0.39, 0.29) is 17.5 Å². The van der Waals surface area contributed by atoms with Crippen molar-refractivity contribution in [3.8, 4) is 0 Å². The number of hydrazone groups is 1. The molecule has 6 rings (SSSR count). The van der Waals surface area contributed by atoms with Gasteiger partial charge in [0, 0.05) is 23.0 Å². The van der Waals surface area contributed by atoms with Crippen LogP contribution in [-0.4, -0.2) is 23.2 Å². The Kier molecular flexibility index (Phi) is 6.06. The molecule has 1 amide bonds. The fourth-order valence-electron chi connectivity index (χ4n) is 5.18. The van der Waals surface area contributed by atoms with E-state index in [4.69, 9.17) is 11.6 Å². The molecule has 36 heavy (non-hydrogen) atoms. The van der Waals surface area contributed by atoms with Gasteiger partial charge in [0.05, 0.1) is 22.7 Å². The van der Waals surface area contributed by atoms with Gasteiger partial charge in [0.1, 0.15) is 14.2 Å². The molecule has 2 aliphatic heterocycles. The number of benzene rings is 2. The van der Waals surface area contributed by atoms with Crippen molar-refractivity contribution in [3.63, 3.8) is 0 Å². The van der Waals surface area contributed by atoms with E-state index in [9.17, 15) is 9.59 Å². The van der Waals surface area contributed by atoms with E-state index in [2.05, 4.69) is 5.10 Å². The number of thioether (sulfide) groups is 1. The highest BCUT2D eigenvalue weighted by atomic mass is 35.5. The summed E-state index contributed by atoms with van der Waals surface area (Å²) in [4.78, 5) is 30.9. The van der Waals surface area contributed by atoms with E-state index in [1.54, 1.807) is 11.8 Å². The summed E-state index contributed by atoms with van der Waals surface area (Å²) < 4.78 is 3.26. The topological polar surface area (TPSA) is 57.9 Å². The van der Waals surface area contributed by atoms with Crippen molar-refractivity contribution >= 4 is 68.3 Å². The third-order valence-electron chi connectivity index (χ3n) is 6.99. The maximum atomic E-state index is 14.1. The number of thiazole rings is 1. The molecule has 0 radical (unpaired) electrons. The number of hydrogen-bond acceptors (Lipinski definition) is 6. The number of amides is 1. The minimum atomic E-state index is -0.191. The van der Waals surface area contributed by atoms with Crippen LogP contribution in [0.5, 0.6) is 0 Å². The van der Waals surface area contributed by atoms with Crippen molar-refractivity contribution < 1.29 is 4.79 Å². The molecule has 1 aromatic heterocycles. The fourth-order valence-corrected chi connectivity index (χ4v) is 7.93. The molecule has 6 nitrogen and oxygen atoms in total. The Bertz CT molecular complexity index is 1590. The molecule has 3 aromatic rings. The Balaban J connectivity index is 1.59. The van der Waals surface area contributed by atoms with E-state index in [1.165, 1.54) is 22.8 Å². The molecule has 9 heteroatoms. The van der Waals surface area contributed by atoms with E-state index >= 15 is 0 Å².